The molecule has 1 N–H and O–H groups in total. The second kappa shape index (κ2) is 12.0. The van der Waals surface area contributed by atoms with E-state index in [4.69, 9.17) is 25.8 Å². The number of benzene rings is 3. The molecule has 0 unspecified atom stereocenters. The van der Waals surface area contributed by atoms with Crippen molar-refractivity contribution in [1.82, 2.24) is 10.4 Å². The third-order valence-electron chi connectivity index (χ3n) is 4.96. The number of nitrogens with zero attached hydrogens (tertiary/aromatic N) is 2. The van der Waals surface area contributed by atoms with Crippen molar-refractivity contribution in [3.8, 4) is 17.2 Å². The monoisotopic (exact) mass is 507 g/mol. The minimum absolute atomic E-state index is 0.118. The summed E-state index contributed by atoms with van der Waals surface area (Å²) in [7, 11) is 0. The predicted molar refractivity (Wildman–Crippen MR) is 136 cm³/mol. The first-order chi connectivity index (χ1) is 17.5. The van der Waals surface area contributed by atoms with Crippen LogP contribution in [0.15, 0.2) is 78.0 Å². The molecule has 0 aliphatic rings. The van der Waals surface area contributed by atoms with Crippen LogP contribution in [-0.4, -0.2) is 30.3 Å². The maximum atomic E-state index is 13.4. The molecule has 0 bridgehead atoms. The molecule has 7 nitrogen and oxygen atoms in total. The number of carbonyl (C=O) groups excluding carboxylic acids is 1. The first-order valence-corrected chi connectivity index (χ1v) is 11.5. The quantitative estimate of drug-likeness (QED) is 0.225. The topological polar surface area (TPSA) is 82.0 Å². The Hall–Kier alpha value is -4.17. The van der Waals surface area contributed by atoms with Gasteiger partial charge in [-0.05, 0) is 54.4 Å². The molecule has 36 heavy (non-hydrogen) atoms. The lowest BCUT2D eigenvalue weighted by Gasteiger charge is -2.14. The lowest BCUT2D eigenvalue weighted by atomic mass is 10.2. The SMILES string of the molecule is CCOc1cc(/C=N/NC(=O)COc2cccc3cccnc23)cc(Cl)c1OCc1cccc(F)c1. The minimum Gasteiger partial charge on any atom is -0.490 e. The number of aromatic nitrogens is 1. The molecule has 0 aliphatic heterocycles. The molecule has 1 amide bonds. The normalized spacial score (nSPS) is 11.0. The molecule has 0 spiro atoms. The van der Waals surface area contributed by atoms with Crippen LogP contribution in [-0.2, 0) is 11.4 Å². The van der Waals surface area contributed by atoms with Crippen LogP contribution >= 0.6 is 11.6 Å². The summed E-state index contributed by atoms with van der Waals surface area (Å²) in [5.41, 5.74) is 4.34. The number of carbonyl (C=O) groups is 1. The Labute approximate surface area is 212 Å². The van der Waals surface area contributed by atoms with Gasteiger partial charge in [-0.3, -0.25) is 9.78 Å². The van der Waals surface area contributed by atoms with Crippen molar-refractivity contribution >= 4 is 34.6 Å². The maximum absolute atomic E-state index is 13.4. The lowest BCUT2D eigenvalue weighted by Crippen LogP contribution is -2.24. The van der Waals surface area contributed by atoms with Gasteiger partial charge in [-0.15, -0.1) is 0 Å². The third kappa shape index (κ3) is 6.49. The van der Waals surface area contributed by atoms with Crippen molar-refractivity contribution < 1.29 is 23.4 Å². The van der Waals surface area contributed by atoms with Gasteiger partial charge in [-0.2, -0.15) is 5.10 Å². The number of hydrogen-bond acceptors (Lipinski definition) is 6. The van der Waals surface area contributed by atoms with Gasteiger partial charge in [0, 0.05) is 11.6 Å². The Morgan fingerprint density at radius 2 is 1.89 bits per heavy atom. The van der Waals surface area contributed by atoms with Crippen molar-refractivity contribution in [1.29, 1.82) is 0 Å². The highest BCUT2D eigenvalue weighted by atomic mass is 35.5. The van der Waals surface area contributed by atoms with Crippen LogP contribution in [0.5, 0.6) is 17.2 Å². The second-order valence-electron chi connectivity index (χ2n) is 7.59. The summed E-state index contributed by atoms with van der Waals surface area (Å²) in [5, 5.41) is 5.18. The van der Waals surface area contributed by atoms with E-state index in [9.17, 15) is 9.18 Å². The summed E-state index contributed by atoms with van der Waals surface area (Å²) in [4.78, 5) is 16.5. The Balaban J connectivity index is 1.38. The minimum atomic E-state index is -0.439. The van der Waals surface area contributed by atoms with Crippen LogP contribution in [0, 0.1) is 5.82 Å². The van der Waals surface area contributed by atoms with Crippen LogP contribution in [0.2, 0.25) is 5.02 Å². The van der Waals surface area contributed by atoms with Crippen molar-refractivity contribution in [2.24, 2.45) is 5.10 Å². The largest absolute Gasteiger partial charge is 0.490 e. The Bertz CT molecular complexity index is 1390. The molecule has 1 aromatic heterocycles. The molecule has 0 saturated heterocycles. The maximum Gasteiger partial charge on any atom is 0.277 e. The van der Waals surface area contributed by atoms with E-state index >= 15 is 0 Å². The van der Waals surface area contributed by atoms with Gasteiger partial charge < -0.3 is 14.2 Å². The molecule has 0 fully saturated rings. The number of ether oxygens (including phenoxy) is 3. The van der Waals surface area contributed by atoms with Crippen LogP contribution in [0.4, 0.5) is 4.39 Å². The van der Waals surface area contributed by atoms with Gasteiger partial charge in [0.05, 0.1) is 17.8 Å². The molecular weight excluding hydrogens is 485 g/mol. The summed E-state index contributed by atoms with van der Waals surface area (Å²) in [6.07, 6.45) is 3.10. The Kier molecular flexibility index (Phi) is 8.31. The molecule has 0 aliphatic carbocycles. The molecule has 0 radical (unpaired) electrons. The summed E-state index contributed by atoms with van der Waals surface area (Å²) in [5.74, 6) is 0.460. The zero-order valence-corrected chi connectivity index (χ0v) is 20.2. The zero-order chi connectivity index (χ0) is 25.3. The zero-order valence-electron chi connectivity index (χ0n) is 19.4. The number of nitrogens with one attached hydrogen (secondary N) is 1. The number of para-hydroxylation sites is 1. The molecule has 0 atom stereocenters. The average Bonchev–Trinajstić information content (AvgIpc) is 2.87. The summed E-state index contributed by atoms with van der Waals surface area (Å²) >= 11 is 6.42. The van der Waals surface area contributed by atoms with E-state index in [0.717, 1.165) is 5.39 Å². The Morgan fingerprint density at radius 1 is 1.06 bits per heavy atom. The van der Waals surface area contributed by atoms with Gasteiger partial charge in [0.2, 0.25) is 0 Å². The molecule has 3 aromatic carbocycles. The van der Waals surface area contributed by atoms with Crippen molar-refractivity contribution in [3.63, 3.8) is 0 Å². The van der Waals surface area contributed by atoms with E-state index in [2.05, 4.69) is 15.5 Å². The van der Waals surface area contributed by atoms with Crippen LogP contribution in [0.3, 0.4) is 0 Å². The summed E-state index contributed by atoms with van der Waals surface area (Å²) in [6, 6.07) is 18.7. The van der Waals surface area contributed by atoms with E-state index in [1.54, 1.807) is 36.5 Å². The number of fused-ring (bicyclic) bond motifs is 1. The number of halogens is 2. The second-order valence-corrected chi connectivity index (χ2v) is 8.00. The summed E-state index contributed by atoms with van der Waals surface area (Å²) < 4.78 is 30.5. The van der Waals surface area contributed by atoms with E-state index in [0.29, 0.717) is 40.5 Å². The summed E-state index contributed by atoms with van der Waals surface area (Å²) in [6.45, 7) is 2.10. The molecule has 0 saturated carbocycles. The van der Waals surface area contributed by atoms with Gasteiger partial charge in [-0.25, -0.2) is 9.82 Å². The fraction of sp³-hybridized carbons (Fsp3) is 0.148. The first-order valence-electron chi connectivity index (χ1n) is 11.2. The molecular formula is C27H23ClFN3O4. The van der Waals surface area contributed by atoms with Crippen molar-refractivity contribution in [3.05, 3.63) is 94.9 Å². The van der Waals surface area contributed by atoms with E-state index in [1.807, 2.05) is 31.2 Å². The fourth-order valence-electron chi connectivity index (χ4n) is 3.39. The van der Waals surface area contributed by atoms with Crippen LogP contribution in [0.25, 0.3) is 10.9 Å². The van der Waals surface area contributed by atoms with E-state index in [1.165, 1.54) is 18.3 Å². The fourth-order valence-corrected chi connectivity index (χ4v) is 3.67. The van der Waals surface area contributed by atoms with Crippen LogP contribution < -0.4 is 19.6 Å². The molecule has 4 rings (SSSR count). The third-order valence-corrected chi connectivity index (χ3v) is 5.24. The number of hydrazone groups is 1. The van der Waals surface area contributed by atoms with Crippen molar-refractivity contribution in [2.75, 3.05) is 13.2 Å². The standard InChI is InChI=1S/C27H23ClFN3O4/c1-2-34-24-14-19(13-22(28)27(24)36-16-18-6-3-9-21(29)12-18)15-31-32-25(33)17-35-23-10-4-7-20-8-5-11-30-26(20)23/h3-15H,2,16-17H2,1H3,(H,32,33)/b31-15+. The lowest BCUT2D eigenvalue weighted by molar-refractivity contribution is -0.123. The van der Waals surface area contributed by atoms with Gasteiger partial charge in [-0.1, -0.05) is 41.9 Å². The highest BCUT2D eigenvalue weighted by Gasteiger charge is 2.13. The van der Waals surface area contributed by atoms with Gasteiger partial charge >= 0.3 is 0 Å². The Morgan fingerprint density at radius 3 is 2.72 bits per heavy atom. The predicted octanol–water partition coefficient (Wildman–Crippen LogP) is 5.53. The highest BCUT2D eigenvalue weighted by molar-refractivity contribution is 6.32. The van der Waals surface area contributed by atoms with Gasteiger partial charge in [0.15, 0.2) is 18.1 Å². The van der Waals surface area contributed by atoms with E-state index in [-0.39, 0.29) is 24.1 Å². The molecule has 4 aromatic rings. The van der Waals surface area contributed by atoms with Crippen LogP contribution in [0.1, 0.15) is 18.1 Å². The smallest absolute Gasteiger partial charge is 0.277 e. The average molecular weight is 508 g/mol. The van der Waals surface area contributed by atoms with Gasteiger partial charge in [0.25, 0.3) is 5.91 Å². The highest BCUT2D eigenvalue weighted by Crippen LogP contribution is 2.37. The molecule has 1 heterocycles. The van der Waals surface area contributed by atoms with Gasteiger partial charge in [0.1, 0.15) is 23.7 Å². The molecule has 9 heteroatoms. The first kappa shape index (κ1) is 24.9. The number of rotatable bonds is 10. The van der Waals surface area contributed by atoms with Crippen molar-refractivity contribution in [2.45, 2.75) is 13.5 Å². The number of amides is 1. The number of pyridine rings is 1. The number of hydrogen-bond donors (Lipinski definition) is 1. The molecule has 184 valence electrons. The van der Waals surface area contributed by atoms with E-state index < -0.39 is 5.91 Å².